The maximum absolute atomic E-state index is 5.86. The lowest BCUT2D eigenvalue weighted by Gasteiger charge is -2.02. The quantitative estimate of drug-likeness (QED) is 0.684. The van der Waals surface area contributed by atoms with Crippen LogP contribution in [0.2, 0.25) is 5.02 Å². The van der Waals surface area contributed by atoms with Crippen LogP contribution in [0.25, 0.3) is 0 Å². The summed E-state index contributed by atoms with van der Waals surface area (Å²) in [5.41, 5.74) is 3.76. The Morgan fingerprint density at radius 1 is 0.947 bits per heavy atom. The van der Waals surface area contributed by atoms with Gasteiger partial charge in [0, 0.05) is 10.7 Å². The summed E-state index contributed by atoms with van der Waals surface area (Å²) < 4.78 is 0. The van der Waals surface area contributed by atoms with Gasteiger partial charge in [-0.15, -0.1) is 0 Å². The zero-order chi connectivity index (χ0) is 13.5. The summed E-state index contributed by atoms with van der Waals surface area (Å²) in [6, 6.07) is 18.4. The molecule has 0 aliphatic rings. The van der Waals surface area contributed by atoms with Crippen LogP contribution in [0.5, 0.6) is 0 Å². The van der Waals surface area contributed by atoms with Crippen molar-refractivity contribution in [3.63, 3.8) is 0 Å². The topological polar surface area (TPSA) is 12.4 Å². The predicted octanol–water partition coefficient (Wildman–Crippen LogP) is 4.93. The zero-order valence-electron chi connectivity index (χ0n) is 11.1. The van der Waals surface area contributed by atoms with Gasteiger partial charge in [0.1, 0.15) is 0 Å². The molecule has 0 N–H and O–H groups in total. The molecule has 0 saturated carbocycles. The molecule has 19 heavy (non-hydrogen) atoms. The summed E-state index contributed by atoms with van der Waals surface area (Å²) in [6.45, 7) is 2.83. The monoisotopic (exact) mass is 271 g/mol. The van der Waals surface area contributed by atoms with E-state index >= 15 is 0 Å². The van der Waals surface area contributed by atoms with Gasteiger partial charge >= 0.3 is 0 Å². The zero-order valence-corrected chi connectivity index (χ0v) is 11.9. The van der Waals surface area contributed by atoms with E-state index < -0.39 is 0 Å². The second-order valence-electron chi connectivity index (χ2n) is 4.66. The van der Waals surface area contributed by atoms with Crippen molar-refractivity contribution in [1.29, 1.82) is 0 Å². The minimum absolute atomic E-state index is 0.734. The van der Waals surface area contributed by atoms with Gasteiger partial charge < -0.3 is 0 Å². The molecule has 0 saturated heterocycles. The van der Waals surface area contributed by atoms with Crippen LogP contribution in [0.15, 0.2) is 59.6 Å². The Balaban J connectivity index is 1.84. The lowest BCUT2D eigenvalue weighted by atomic mass is 10.1. The van der Waals surface area contributed by atoms with E-state index in [0.717, 1.165) is 24.4 Å². The third kappa shape index (κ3) is 4.88. The number of rotatable bonds is 5. The normalized spacial score (nSPS) is 11.6. The smallest absolute Gasteiger partial charge is 0.0639 e. The highest BCUT2D eigenvalue weighted by Crippen LogP contribution is 2.11. The molecular weight excluding hydrogens is 254 g/mol. The van der Waals surface area contributed by atoms with E-state index in [1.54, 1.807) is 0 Å². The van der Waals surface area contributed by atoms with Gasteiger partial charge in [-0.05, 0) is 43.0 Å². The number of halogens is 1. The maximum atomic E-state index is 5.86. The molecule has 0 amide bonds. The molecule has 0 radical (unpaired) electrons. The molecule has 0 spiro atoms. The van der Waals surface area contributed by atoms with Gasteiger partial charge in [-0.3, -0.25) is 4.99 Å². The van der Waals surface area contributed by atoms with Gasteiger partial charge in [-0.2, -0.15) is 0 Å². The third-order valence-electron chi connectivity index (χ3n) is 3.06. The highest BCUT2D eigenvalue weighted by Gasteiger charge is 1.96. The minimum atomic E-state index is 0.734. The maximum Gasteiger partial charge on any atom is 0.0639 e. The summed E-state index contributed by atoms with van der Waals surface area (Å²) in [5, 5.41) is 0.772. The number of benzene rings is 2. The summed E-state index contributed by atoms with van der Waals surface area (Å²) in [5.74, 6) is 0. The van der Waals surface area contributed by atoms with E-state index in [-0.39, 0.29) is 0 Å². The molecule has 2 aromatic rings. The van der Waals surface area contributed by atoms with Crippen LogP contribution in [-0.4, -0.2) is 5.71 Å². The molecule has 0 bridgehead atoms. The van der Waals surface area contributed by atoms with Crippen molar-refractivity contribution in [2.24, 2.45) is 4.99 Å². The first kappa shape index (κ1) is 13.8. The standard InChI is InChI=1S/C17H18ClN/c1-14(7-8-15-5-3-2-4-6-15)19-13-16-9-11-17(18)12-10-16/h2-6,9-12H,7-8,13H2,1H3. The summed E-state index contributed by atoms with van der Waals surface area (Å²) >= 11 is 5.86. The average molecular weight is 272 g/mol. The lowest BCUT2D eigenvalue weighted by Crippen LogP contribution is -1.96. The van der Waals surface area contributed by atoms with Gasteiger partial charge in [0.15, 0.2) is 0 Å². The summed E-state index contributed by atoms with van der Waals surface area (Å²) in [4.78, 5) is 4.61. The number of hydrogen-bond donors (Lipinski definition) is 0. The molecular formula is C17H18ClN. The molecule has 0 heterocycles. The molecule has 2 aromatic carbocycles. The van der Waals surface area contributed by atoms with Crippen molar-refractivity contribution in [2.45, 2.75) is 26.3 Å². The van der Waals surface area contributed by atoms with E-state index in [1.165, 1.54) is 16.8 Å². The van der Waals surface area contributed by atoms with Gasteiger partial charge in [0.2, 0.25) is 0 Å². The van der Waals surface area contributed by atoms with Crippen LogP contribution >= 0.6 is 11.6 Å². The van der Waals surface area contributed by atoms with Gasteiger partial charge in [-0.25, -0.2) is 0 Å². The minimum Gasteiger partial charge on any atom is -0.290 e. The van der Waals surface area contributed by atoms with E-state index in [4.69, 9.17) is 11.6 Å². The fourth-order valence-corrected chi connectivity index (χ4v) is 1.99. The first-order valence-corrected chi connectivity index (χ1v) is 6.90. The Morgan fingerprint density at radius 3 is 2.32 bits per heavy atom. The lowest BCUT2D eigenvalue weighted by molar-refractivity contribution is 0.988. The fraction of sp³-hybridized carbons (Fsp3) is 0.235. The Hall–Kier alpha value is -1.60. The molecule has 1 nitrogen and oxygen atoms in total. The Bertz CT molecular complexity index is 529. The van der Waals surface area contributed by atoms with Crippen LogP contribution in [0.3, 0.4) is 0 Å². The average Bonchev–Trinajstić information content (AvgIpc) is 2.45. The molecule has 2 heteroatoms. The Kier molecular flexibility index (Phi) is 5.17. The molecule has 0 unspecified atom stereocenters. The predicted molar refractivity (Wildman–Crippen MR) is 83.0 cm³/mol. The van der Waals surface area contributed by atoms with Gasteiger partial charge in [0.05, 0.1) is 6.54 Å². The summed E-state index contributed by atoms with van der Waals surface area (Å²) in [6.07, 6.45) is 2.06. The molecule has 98 valence electrons. The Labute approximate surface area is 120 Å². The number of nitrogens with zero attached hydrogens (tertiary/aromatic N) is 1. The number of aryl methyl sites for hydroxylation is 1. The van der Waals surface area contributed by atoms with Crippen LogP contribution in [0.1, 0.15) is 24.5 Å². The highest BCUT2D eigenvalue weighted by molar-refractivity contribution is 6.30. The second-order valence-corrected chi connectivity index (χ2v) is 5.10. The van der Waals surface area contributed by atoms with E-state index in [0.29, 0.717) is 0 Å². The van der Waals surface area contributed by atoms with E-state index in [1.807, 2.05) is 30.3 Å². The van der Waals surface area contributed by atoms with Crippen molar-refractivity contribution >= 4 is 17.3 Å². The Morgan fingerprint density at radius 2 is 1.63 bits per heavy atom. The largest absolute Gasteiger partial charge is 0.290 e. The van der Waals surface area contributed by atoms with Crippen LogP contribution in [0, 0.1) is 0 Å². The van der Waals surface area contributed by atoms with E-state index in [9.17, 15) is 0 Å². The first-order valence-electron chi connectivity index (χ1n) is 6.52. The van der Waals surface area contributed by atoms with Crippen molar-refractivity contribution in [2.75, 3.05) is 0 Å². The fourth-order valence-electron chi connectivity index (χ4n) is 1.87. The van der Waals surface area contributed by atoms with Gasteiger partial charge in [0.25, 0.3) is 0 Å². The molecule has 0 aliphatic carbocycles. The SMILES string of the molecule is CC(CCc1ccccc1)=NCc1ccc(Cl)cc1. The summed E-state index contributed by atoms with van der Waals surface area (Å²) in [7, 11) is 0. The van der Waals surface area contributed by atoms with Crippen molar-refractivity contribution in [3.05, 3.63) is 70.7 Å². The molecule has 2 rings (SSSR count). The first-order chi connectivity index (χ1) is 9.24. The van der Waals surface area contributed by atoms with Crippen LogP contribution in [0.4, 0.5) is 0 Å². The van der Waals surface area contributed by atoms with Crippen molar-refractivity contribution in [1.82, 2.24) is 0 Å². The van der Waals surface area contributed by atoms with Crippen molar-refractivity contribution in [3.8, 4) is 0 Å². The van der Waals surface area contributed by atoms with Crippen LogP contribution < -0.4 is 0 Å². The van der Waals surface area contributed by atoms with Crippen LogP contribution in [-0.2, 0) is 13.0 Å². The van der Waals surface area contributed by atoms with Gasteiger partial charge in [-0.1, -0.05) is 54.1 Å². The number of hydrogen-bond acceptors (Lipinski definition) is 1. The van der Waals surface area contributed by atoms with E-state index in [2.05, 4.69) is 36.2 Å². The third-order valence-corrected chi connectivity index (χ3v) is 3.32. The second kappa shape index (κ2) is 7.10. The van der Waals surface area contributed by atoms with Crippen molar-refractivity contribution < 1.29 is 0 Å². The molecule has 0 aliphatic heterocycles. The molecule has 0 aromatic heterocycles. The molecule has 0 fully saturated rings. The number of aliphatic imine (C=N–C) groups is 1. The highest BCUT2D eigenvalue weighted by atomic mass is 35.5. The molecule has 0 atom stereocenters.